The molecule has 5 unspecified atom stereocenters. The Bertz CT molecular complexity index is 2400. The number of benzene rings is 4. The summed E-state index contributed by atoms with van der Waals surface area (Å²) in [5.74, 6) is -0.726. The first kappa shape index (κ1) is 48.5. The van der Waals surface area contributed by atoms with Gasteiger partial charge in [0.05, 0.1) is 6.61 Å². The molecule has 2 saturated heterocycles. The molecule has 8 rings (SSSR count). The lowest BCUT2D eigenvalue weighted by Crippen LogP contribution is -2.44. The summed E-state index contributed by atoms with van der Waals surface area (Å²) in [4.78, 5) is 3.67. The van der Waals surface area contributed by atoms with Crippen LogP contribution in [-0.2, 0) is 58.7 Å². The highest BCUT2D eigenvalue weighted by atomic mass is 35.5. The molecule has 0 radical (unpaired) electrons. The van der Waals surface area contributed by atoms with Gasteiger partial charge >= 0.3 is 0 Å². The molecule has 334 valence electrons. The molecular formula is C43H56ClN3O12S2. The van der Waals surface area contributed by atoms with Gasteiger partial charge in [0.25, 0.3) is 20.2 Å². The number of para-hydroxylation sites is 1. The summed E-state index contributed by atoms with van der Waals surface area (Å²) in [6.45, 7) is 7.89. The van der Waals surface area contributed by atoms with Gasteiger partial charge in [-0.25, -0.2) is 0 Å². The molecule has 3 aliphatic rings. The molecule has 0 bridgehead atoms. The second kappa shape index (κ2) is 20.3. The fourth-order valence-corrected chi connectivity index (χ4v) is 9.31. The Kier molecular flexibility index (Phi) is 16.2. The van der Waals surface area contributed by atoms with E-state index >= 15 is 0 Å². The fourth-order valence-electron chi connectivity index (χ4n) is 7.89. The van der Waals surface area contributed by atoms with Crippen LogP contribution in [-0.4, -0.2) is 134 Å². The SMILES string of the molecule is CN(C)CCCOC1C(C(O)CO)OC2OC(C)(C)OC21.CN1CCc2c(c3ccccc3n2Cc2ccccc2)C1.Cl.O=S(=O)(O)c1cccc2c(S(=O)(=O)O)cccc12. The van der Waals surface area contributed by atoms with Crippen LogP contribution in [0.25, 0.3) is 21.7 Å². The molecule has 4 N–H and O–H groups in total. The van der Waals surface area contributed by atoms with E-state index in [0.717, 1.165) is 51.2 Å². The third-order valence-electron chi connectivity index (χ3n) is 10.6. The number of rotatable bonds is 11. The summed E-state index contributed by atoms with van der Waals surface area (Å²) in [6.07, 6.45) is -1.03. The minimum Gasteiger partial charge on any atom is -0.394 e. The van der Waals surface area contributed by atoms with Crippen LogP contribution in [0.15, 0.2) is 101 Å². The van der Waals surface area contributed by atoms with Crippen molar-refractivity contribution in [2.75, 3.05) is 47.4 Å². The Morgan fingerprint density at radius 1 is 0.852 bits per heavy atom. The van der Waals surface area contributed by atoms with Crippen molar-refractivity contribution < 1.29 is 55.1 Å². The first-order chi connectivity index (χ1) is 28.4. The molecule has 4 heterocycles. The van der Waals surface area contributed by atoms with Gasteiger partial charge < -0.3 is 43.5 Å². The van der Waals surface area contributed by atoms with E-state index in [1.54, 1.807) is 0 Å². The van der Waals surface area contributed by atoms with Crippen molar-refractivity contribution in [3.63, 3.8) is 0 Å². The standard InChI is InChI=1S/C19H20N2.C14H27NO6.C10H8O6S2.ClH/c1-20-12-11-19-17(14-20)16-9-5-6-10-18(16)21(19)13-15-7-3-2-4-8-15;1-14(2)20-12-11(18-7-5-6-15(3)4)10(9(17)8-16)19-13(12)21-14;11-17(12,13)9-5-1-3-7-8(9)4-2-6-10(7)18(14,15)16;/h2-10H,11-14H2,1H3;9-13,16-17H,5-8H2,1-4H3;1-6H,(H,11,12,13)(H,14,15,16);1H. The zero-order valence-electron chi connectivity index (χ0n) is 34.8. The predicted molar refractivity (Wildman–Crippen MR) is 233 cm³/mol. The van der Waals surface area contributed by atoms with Crippen LogP contribution in [0.5, 0.6) is 0 Å². The second-order valence-electron chi connectivity index (χ2n) is 15.9. The van der Waals surface area contributed by atoms with E-state index in [2.05, 4.69) is 76.0 Å². The first-order valence-electron chi connectivity index (χ1n) is 19.7. The zero-order valence-corrected chi connectivity index (χ0v) is 37.3. The van der Waals surface area contributed by atoms with E-state index in [0.29, 0.717) is 6.61 Å². The lowest BCUT2D eigenvalue weighted by molar-refractivity contribution is -0.231. The lowest BCUT2D eigenvalue weighted by Gasteiger charge is -2.28. The molecule has 18 heteroatoms. The van der Waals surface area contributed by atoms with Crippen LogP contribution in [0.2, 0.25) is 0 Å². The average molecular weight is 907 g/mol. The number of ether oxygens (including phenoxy) is 4. The zero-order chi connectivity index (χ0) is 43.4. The highest BCUT2D eigenvalue weighted by Crippen LogP contribution is 2.40. The number of halogens is 1. The minimum atomic E-state index is -4.47. The van der Waals surface area contributed by atoms with E-state index in [1.165, 1.54) is 52.0 Å². The van der Waals surface area contributed by atoms with Crippen molar-refractivity contribution in [1.29, 1.82) is 0 Å². The summed E-state index contributed by atoms with van der Waals surface area (Å²) in [6, 6.07) is 27.1. The summed E-state index contributed by atoms with van der Waals surface area (Å²) in [5.41, 5.74) is 5.80. The predicted octanol–water partition coefficient (Wildman–Crippen LogP) is 4.99. The van der Waals surface area contributed by atoms with E-state index in [4.69, 9.17) is 33.2 Å². The van der Waals surface area contributed by atoms with E-state index in [-0.39, 0.29) is 35.9 Å². The highest BCUT2D eigenvalue weighted by molar-refractivity contribution is 7.86. The number of hydrogen-bond acceptors (Lipinski definition) is 12. The summed E-state index contributed by atoms with van der Waals surface area (Å²) < 4.78 is 88.2. The topological polar surface area (TPSA) is 198 Å². The van der Waals surface area contributed by atoms with Crippen molar-refractivity contribution in [2.24, 2.45) is 0 Å². The lowest BCUT2D eigenvalue weighted by atomic mass is 10.1. The molecule has 5 aromatic rings. The third kappa shape index (κ3) is 11.7. The number of hydrogen-bond donors (Lipinski definition) is 4. The monoisotopic (exact) mass is 905 g/mol. The second-order valence-corrected chi connectivity index (χ2v) is 18.7. The van der Waals surface area contributed by atoms with Crippen LogP contribution >= 0.6 is 12.4 Å². The molecule has 0 aliphatic carbocycles. The maximum absolute atomic E-state index is 11.2. The number of aliphatic hydroxyl groups excluding tert-OH is 2. The Labute approximate surface area is 363 Å². The average Bonchev–Trinajstić information content (AvgIpc) is 3.80. The number of likely N-dealkylation sites (N-methyl/N-ethyl adjacent to an activating group) is 1. The van der Waals surface area contributed by atoms with E-state index in [9.17, 15) is 21.9 Å². The smallest absolute Gasteiger partial charge is 0.295 e. The molecule has 2 fully saturated rings. The van der Waals surface area contributed by atoms with Crippen LogP contribution in [0.3, 0.4) is 0 Å². The molecular weight excluding hydrogens is 850 g/mol. The van der Waals surface area contributed by atoms with Gasteiger partial charge in [-0.15, -0.1) is 12.4 Å². The van der Waals surface area contributed by atoms with Crippen molar-refractivity contribution in [2.45, 2.75) is 86.1 Å². The molecule has 0 saturated carbocycles. The highest BCUT2D eigenvalue weighted by Gasteiger charge is 2.57. The van der Waals surface area contributed by atoms with Gasteiger partial charge in [-0.3, -0.25) is 9.11 Å². The van der Waals surface area contributed by atoms with Gasteiger partial charge in [-0.05, 0) is 77.3 Å². The molecule has 5 atom stereocenters. The van der Waals surface area contributed by atoms with Crippen LogP contribution in [0.4, 0.5) is 0 Å². The van der Waals surface area contributed by atoms with Crippen molar-refractivity contribution in [3.8, 4) is 0 Å². The van der Waals surface area contributed by atoms with E-state index in [1.807, 2.05) is 27.9 Å². The molecule has 1 aromatic heterocycles. The van der Waals surface area contributed by atoms with Gasteiger partial charge in [0, 0.05) is 60.0 Å². The van der Waals surface area contributed by atoms with Gasteiger partial charge in [0.1, 0.15) is 34.2 Å². The summed E-state index contributed by atoms with van der Waals surface area (Å²) in [7, 11) is -2.71. The maximum atomic E-state index is 11.2. The molecule has 0 spiro atoms. The molecule has 15 nitrogen and oxygen atoms in total. The van der Waals surface area contributed by atoms with Gasteiger partial charge in [0.2, 0.25) is 0 Å². The molecule has 61 heavy (non-hydrogen) atoms. The van der Waals surface area contributed by atoms with Crippen LogP contribution in [0, 0.1) is 0 Å². The Morgan fingerprint density at radius 2 is 1.44 bits per heavy atom. The number of nitrogens with zero attached hydrogens (tertiary/aromatic N) is 3. The fraction of sp³-hybridized carbons (Fsp3) is 0.442. The largest absolute Gasteiger partial charge is 0.394 e. The molecule has 4 aromatic carbocycles. The summed E-state index contributed by atoms with van der Waals surface area (Å²) >= 11 is 0. The number of aliphatic hydroxyl groups is 2. The Morgan fingerprint density at radius 3 is 2.03 bits per heavy atom. The first-order valence-corrected chi connectivity index (χ1v) is 22.6. The van der Waals surface area contributed by atoms with Crippen molar-refractivity contribution >= 4 is 54.3 Å². The molecule has 0 amide bonds. The van der Waals surface area contributed by atoms with Crippen LogP contribution < -0.4 is 0 Å². The number of fused-ring (bicyclic) bond motifs is 5. The van der Waals surface area contributed by atoms with Crippen molar-refractivity contribution in [1.82, 2.24) is 14.4 Å². The van der Waals surface area contributed by atoms with E-state index < -0.39 is 60.4 Å². The molecule has 3 aliphatic heterocycles. The third-order valence-corrected chi connectivity index (χ3v) is 12.4. The Hall–Kier alpha value is -3.53. The van der Waals surface area contributed by atoms with Gasteiger partial charge in [0.15, 0.2) is 12.1 Å². The van der Waals surface area contributed by atoms with Gasteiger partial charge in [-0.2, -0.15) is 16.8 Å². The quantitative estimate of drug-likeness (QED) is 0.102. The Balaban J connectivity index is 0.000000172. The maximum Gasteiger partial charge on any atom is 0.295 e. The number of aromatic nitrogens is 1. The van der Waals surface area contributed by atoms with Crippen LogP contribution in [0.1, 0.15) is 37.1 Å². The summed E-state index contributed by atoms with van der Waals surface area (Å²) in [5, 5.41) is 20.5. The van der Waals surface area contributed by atoms with Gasteiger partial charge in [-0.1, -0.05) is 72.8 Å². The van der Waals surface area contributed by atoms with Crippen molar-refractivity contribution in [3.05, 3.63) is 108 Å². The minimum absolute atomic E-state index is 0. The normalized spacial score (nSPS) is 21.5.